The van der Waals surface area contributed by atoms with Crippen molar-refractivity contribution in [1.82, 2.24) is 0 Å². The molecule has 0 aromatic heterocycles. The van der Waals surface area contributed by atoms with Gasteiger partial charge in [0.25, 0.3) is 0 Å². The predicted octanol–water partition coefficient (Wildman–Crippen LogP) is 0.895. The van der Waals surface area contributed by atoms with Gasteiger partial charge in [-0.3, -0.25) is 0 Å². The third kappa shape index (κ3) is 11.0. The summed E-state index contributed by atoms with van der Waals surface area (Å²) in [5, 5.41) is 8.39. The van der Waals surface area contributed by atoms with Crippen LogP contribution in [0.4, 0.5) is 0 Å². The quantitative estimate of drug-likeness (QED) is 0.176. The summed E-state index contributed by atoms with van der Waals surface area (Å²) >= 11 is 0. The van der Waals surface area contributed by atoms with Gasteiger partial charge in [-0.05, 0) is 47.7 Å². The van der Waals surface area contributed by atoms with Crippen LogP contribution in [0.25, 0.3) is 0 Å². The maximum atomic E-state index is 2.23. The Bertz CT molecular complexity index is 1190. The number of halogens is 2. The van der Waals surface area contributed by atoms with Crippen LogP contribution in [0.1, 0.15) is 0 Å². The van der Waals surface area contributed by atoms with E-state index in [1.807, 2.05) is 0 Å². The first-order valence-corrected chi connectivity index (χ1v) is 15.5. The molecule has 6 aromatic carbocycles. The van der Waals surface area contributed by atoms with Gasteiger partial charge in [0, 0.05) is 37.7 Å². The van der Waals surface area contributed by atoms with Crippen LogP contribution in [0.5, 0.6) is 0 Å². The molecule has 6 aromatic rings. The molecule has 0 aliphatic carbocycles. The summed E-state index contributed by atoms with van der Waals surface area (Å²) < 4.78 is 0. The number of rotatable bonds is 6. The van der Waals surface area contributed by atoms with E-state index in [9.17, 15) is 0 Å². The van der Waals surface area contributed by atoms with Crippen molar-refractivity contribution in [2.45, 2.75) is 0 Å². The van der Waals surface area contributed by atoms with Gasteiger partial charge >= 0.3 is 20.4 Å². The van der Waals surface area contributed by atoms with Crippen molar-refractivity contribution in [3.05, 3.63) is 182 Å². The zero-order valence-electron chi connectivity index (χ0n) is 22.6. The molecule has 42 heavy (non-hydrogen) atoms. The minimum atomic E-state index is -0.446. The van der Waals surface area contributed by atoms with Crippen LogP contribution in [0.2, 0.25) is 0 Å². The molecule has 6 heteroatoms. The van der Waals surface area contributed by atoms with E-state index in [-0.39, 0.29) is 83.0 Å². The van der Waals surface area contributed by atoms with Crippen molar-refractivity contribution in [3.8, 4) is 0 Å². The van der Waals surface area contributed by atoms with Gasteiger partial charge in [-0.1, -0.05) is 182 Å². The third-order valence-corrected chi connectivity index (χ3v) is 11.0. The molecule has 0 radical (unpaired) electrons. The van der Waals surface area contributed by atoms with Crippen LogP contribution in [-0.2, 0) is 20.4 Å². The van der Waals surface area contributed by atoms with Crippen molar-refractivity contribution in [2.24, 2.45) is 0 Å². The second kappa shape index (κ2) is 21.4. The van der Waals surface area contributed by atoms with Crippen molar-refractivity contribution >= 4 is 47.7 Å². The van der Waals surface area contributed by atoms with Gasteiger partial charge in [0.15, 0.2) is 0 Å². The zero-order chi connectivity index (χ0) is 25.8. The first kappa shape index (κ1) is 38.7. The molecule has 0 nitrogen and oxygen atoms in total. The Hall–Kier alpha value is -1.32. The van der Waals surface area contributed by atoms with Crippen molar-refractivity contribution in [3.63, 3.8) is 0 Å². The Kier molecular flexibility index (Phi) is 19.7. The minimum absolute atomic E-state index is 0. The Morgan fingerprint density at radius 2 is 0.357 bits per heavy atom. The minimum Gasteiger partial charge on any atom is -1.00 e. The van der Waals surface area contributed by atoms with Gasteiger partial charge in [0.05, 0.1) is 0 Å². The molecule has 0 atom stereocenters. The van der Waals surface area contributed by atoms with E-state index < -0.39 is 15.8 Å². The Morgan fingerprint density at radius 3 is 0.476 bits per heavy atom. The van der Waals surface area contributed by atoms with Crippen LogP contribution < -0.4 is 56.6 Å². The molecule has 0 heterocycles. The van der Waals surface area contributed by atoms with Gasteiger partial charge in [-0.15, -0.1) is 0 Å². The van der Waals surface area contributed by atoms with Gasteiger partial charge in [0.1, 0.15) is 0 Å². The molecule has 0 saturated heterocycles. The average molecular weight is 742 g/mol. The molecule has 0 fully saturated rings. The van der Waals surface area contributed by atoms with Gasteiger partial charge < -0.3 is 24.8 Å². The summed E-state index contributed by atoms with van der Waals surface area (Å²) in [6, 6.07) is 64.7. The summed E-state index contributed by atoms with van der Waals surface area (Å²) in [6.07, 6.45) is 0. The van der Waals surface area contributed by atoms with Crippen LogP contribution in [0.3, 0.4) is 0 Å². The Balaban J connectivity index is 0.000000383. The van der Waals surface area contributed by atoms with E-state index in [1.165, 1.54) is 31.8 Å². The SMILES string of the molecule is [Ar].[Cl-].[Cl-].[Pd+2].c1ccc(P(c2ccccc2)c2ccccc2)cc1.c1ccc(P(c2ccccc2)c2ccccc2)cc1. The molecular weight excluding hydrogens is 712 g/mol. The van der Waals surface area contributed by atoms with Crippen molar-refractivity contribution in [2.75, 3.05) is 0 Å². The van der Waals surface area contributed by atoms with Gasteiger partial charge in [-0.2, -0.15) is 0 Å². The van der Waals surface area contributed by atoms with E-state index in [2.05, 4.69) is 182 Å². The summed E-state index contributed by atoms with van der Waals surface area (Å²) in [5.41, 5.74) is 0. The first-order valence-electron chi connectivity index (χ1n) is 12.8. The number of hydrogen-bond donors (Lipinski definition) is 0. The fourth-order valence-corrected chi connectivity index (χ4v) is 8.97. The fourth-order valence-electron chi connectivity index (χ4n) is 4.36. The molecular formula is C36H30ArCl2P2Pd. The molecule has 0 spiro atoms. The van der Waals surface area contributed by atoms with E-state index in [0.29, 0.717) is 0 Å². The van der Waals surface area contributed by atoms with E-state index >= 15 is 0 Å². The Morgan fingerprint density at radius 1 is 0.238 bits per heavy atom. The summed E-state index contributed by atoms with van der Waals surface area (Å²) in [6.45, 7) is 0. The van der Waals surface area contributed by atoms with Crippen molar-refractivity contribution in [1.29, 1.82) is 0 Å². The average Bonchev–Trinajstić information content (AvgIpc) is 3.01. The van der Waals surface area contributed by atoms with Crippen LogP contribution in [-0.4, -0.2) is 0 Å². The first-order chi connectivity index (χ1) is 18.9. The molecule has 0 aliphatic rings. The molecule has 216 valence electrons. The largest absolute Gasteiger partial charge is 2.00 e. The summed E-state index contributed by atoms with van der Waals surface area (Å²) in [5.74, 6) is 0. The maximum Gasteiger partial charge on any atom is 2.00 e. The normalized spacial score (nSPS) is 9.57. The van der Waals surface area contributed by atoms with Crippen molar-refractivity contribution < 1.29 is 83.0 Å². The summed E-state index contributed by atoms with van der Waals surface area (Å²) in [7, 11) is -0.892. The second-order valence-electron chi connectivity index (χ2n) is 8.68. The maximum absolute atomic E-state index is 2.23. The van der Waals surface area contributed by atoms with E-state index in [0.717, 1.165) is 0 Å². The molecule has 0 aliphatic heterocycles. The van der Waals surface area contributed by atoms with Crippen LogP contribution in [0.15, 0.2) is 182 Å². The molecule has 0 saturated carbocycles. The van der Waals surface area contributed by atoms with Gasteiger partial charge in [0.2, 0.25) is 0 Å². The smallest absolute Gasteiger partial charge is 1.00 e. The number of benzene rings is 6. The second-order valence-corrected chi connectivity index (χ2v) is 13.1. The topological polar surface area (TPSA) is 0 Å². The summed E-state index contributed by atoms with van der Waals surface area (Å²) in [4.78, 5) is 0. The monoisotopic (exact) mass is 740 g/mol. The molecule has 6 rings (SSSR count). The molecule has 0 amide bonds. The third-order valence-electron chi connectivity index (χ3n) is 6.09. The Labute approximate surface area is 309 Å². The molecule has 0 N–H and O–H groups in total. The standard InChI is InChI=1S/2C18H15P.Ar.2ClH.Pd/c2*1-4-10-16(11-5-1)19(17-12-6-2-7-13-17)18-14-8-3-9-15-18;;;;/h2*1-15H;;2*1H;/q;;;;;+2/p-2. The van der Waals surface area contributed by atoms with Crippen LogP contribution >= 0.6 is 15.8 Å². The van der Waals surface area contributed by atoms with E-state index in [4.69, 9.17) is 0 Å². The zero-order valence-corrected chi connectivity index (χ0v) is 28.2. The molecule has 0 bridgehead atoms. The van der Waals surface area contributed by atoms with E-state index in [1.54, 1.807) is 0 Å². The van der Waals surface area contributed by atoms with Gasteiger partial charge in [-0.25, -0.2) is 0 Å². The molecule has 0 unspecified atom stereocenters. The number of hydrogen-bond acceptors (Lipinski definition) is 0. The van der Waals surface area contributed by atoms with Crippen LogP contribution in [0, 0.1) is 37.7 Å². The predicted molar refractivity (Wildman–Crippen MR) is 170 cm³/mol. The fraction of sp³-hybridized carbons (Fsp3) is 0.